The van der Waals surface area contributed by atoms with E-state index in [2.05, 4.69) is 50.6 Å². The van der Waals surface area contributed by atoms with Gasteiger partial charge in [0.1, 0.15) is 6.54 Å². The highest BCUT2D eigenvalue weighted by atomic mass is 32.1. The molecular formula is C24H23N7OS. The Kier molecular flexibility index (Phi) is 5.26. The number of anilines is 1. The number of thiazole rings is 1. The number of benzene rings is 1. The van der Waals surface area contributed by atoms with E-state index in [9.17, 15) is 4.79 Å². The molecule has 4 heterocycles. The van der Waals surface area contributed by atoms with Crippen LogP contribution in [0.1, 0.15) is 17.0 Å². The van der Waals surface area contributed by atoms with Crippen molar-refractivity contribution in [3.05, 3.63) is 65.1 Å². The average molecular weight is 458 g/mol. The molecule has 0 saturated carbocycles. The first-order valence-corrected chi connectivity index (χ1v) is 11.4. The first kappa shape index (κ1) is 21.0. The van der Waals surface area contributed by atoms with Crippen LogP contribution in [0.15, 0.2) is 48.1 Å². The van der Waals surface area contributed by atoms with Crippen LogP contribution in [0.25, 0.3) is 33.4 Å². The summed E-state index contributed by atoms with van der Waals surface area (Å²) < 4.78 is 3.45. The second-order valence-corrected chi connectivity index (χ2v) is 8.88. The lowest BCUT2D eigenvalue weighted by atomic mass is 10.0. The molecule has 9 heteroatoms. The Hall–Kier alpha value is -3.85. The third-order valence-corrected chi connectivity index (χ3v) is 6.45. The number of nitrogens with one attached hydrogen (secondary N) is 1. The molecule has 166 valence electrons. The maximum absolute atomic E-state index is 12.8. The Morgan fingerprint density at radius 2 is 2.00 bits per heavy atom. The fraction of sp³-hybridized carbons (Fsp3) is 0.208. The monoisotopic (exact) mass is 457 g/mol. The van der Waals surface area contributed by atoms with Gasteiger partial charge in [0.15, 0.2) is 10.8 Å². The third kappa shape index (κ3) is 3.91. The van der Waals surface area contributed by atoms with Gasteiger partial charge in [-0.2, -0.15) is 10.2 Å². The van der Waals surface area contributed by atoms with Crippen molar-refractivity contribution in [1.82, 2.24) is 29.5 Å². The number of nitrogens with zero attached hydrogens (tertiary/aromatic N) is 6. The van der Waals surface area contributed by atoms with E-state index >= 15 is 0 Å². The first-order valence-electron chi connectivity index (χ1n) is 10.5. The summed E-state index contributed by atoms with van der Waals surface area (Å²) in [5.41, 5.74) is 7.65. The Bertz CT molecular complexity index is 1490. The smallest absolute Gasteiger partial charge is 0.247 e. The molecule has 8 nitrogen and oxygen atoms in total. The lowest BCUT2D eigenvalue weighted by molar-refractivity contribution is -0.116. The molecule has 0 radical (unpaired) electrons. The molecule has 0 aliphatic carbocycles. The van der Waals surface area contributed by atoms with Crippen molar-refractivity contribution in [1.29, 1.82) is 0 Å². The molecule has 0 aliphatic rings. The van der Waals surface area contributed by atoms with Crippen molar-refractivity contribution in [2.45, 2.75) is 27.3 Å². The molecular weight excluding hydrogens is 434 g/mol. The lowest BCUT2D eigenvalue weighted by Gasteiger charge is -2.06. The van der Waals surface area contributed by atoms with Crippen LogP contribution in [0.2, 0.25) is 0 Å². The summed E-state index contributed by atoms with van der Waals surface area (Å²) in [6.07, 6.45) is 3.55. The summed E-state index contributed by atoms with van der Waals surface area (Å²) >= 11 is 1.39. The largest absolute Gasteiger partial charge is 0.300 e. The van der Waals surface area contributed by atoms with Crippen molar-refractivity contribution in [2.24, 2.45) is 7.05 Å². The van der Waals surface area contributed by atoms with Gasteiger partial charge in [-0.05, 0) is 38.0 Å². The van der Waals surface area contributed by atoms with Crippen LogP contribution >= 0.6 is 11.3 Å². The molecule has 1 amide bonds. The molecule has 1 N–H and O–H groups in total. The number of rotatable bonds is 5. The molecule has 0 saturated heterocycles. The van der Waals surface area contributed by atoms with Gasteiger partial charge < -0.3 is 5.32 Å². The molecule has 5 rings (SSSR count). The number of amides is 1. The predicted molar refractivity (Wildman–Crippen MR) is 130 cm³/mol. The molecule has 0 atom stereocenters. The van der Waals surface area contributed by atoms with Crippen LogP contribution in [0, 0.1) is 20.8 Å². The normalized spacial score (nSPS) is 11.3. The topological polar surface area (TPSA) is 90.5 Å². The highest BCUT2D eigenvalue weighted by molar-refractivity contribution is 7.14. The van der Waals surface area contributed by atoms with Gasteiger partial charge in [0.05, 0.1) is 17.6 Å². The molecule has 0 fully saturated rings. The Morgan fingerprint density at radius 3 is 2.76 bits per heavy atom. The minimum absolute atomic E-state index is 0.0510. The van der Waals surface area contributed by atoms with Gasteiger partial charge in [-0.1, -0.05) is 29.8 Å². The van der Waals surface area contributed by atoms with E-state index in [0.717, 1.165) is 39.2 Å². The van der Waals surface area contributed by atoms with E-state index in [4.69, 9.17) is 0 Å². The van der Waals surface area contributed by atoms with Gasteiger partial charge in [0.2, 0.25) is 5.91 Å². The van der Waals surface area contributed by atoms with E-state index < -0.39 is 0 Å². The quantitative estimate of drug-likeness (QED) is 0.419. The van der Waals surface area contributed by atoms with Crippen LogP contribution < -0.4 is 5.32 Å². The van der Waals surface area contributed by atoms with E-state index in [1.54, 1.807) is 21.8 Å². The lowest BCUT2D eigenvalue weighted by Crippen LogP contribution is -2.19. The number of carbonyl (C=O) groups excluding carboxylic acids is 1. The number of fused-ring (bicyclic) bond motifs is 1. The van der Waals surface area contributed by atoms with Crippen LogP contribution in [-0.2, 0) is 18.4 Å². The van der Waals surface area contributed by atoms with Crippen molar-refractivity contribution in [3.63, 3.8) is 0 Å². The highest BCUT2D eigenvalue weighted by Gasteiger charge is 2.17. The average Bonchev–Trinajstić information content (AvgIpc) is 3.47. The van der Waals surface area contributed by atoms with Crippen LogP contribution in [-0.4, -0.2) is 35.4 Å². The van der Waals surface area contributed by atoms with Gasteiger partial charge >= 0.3 is 0 Å². The van der Waals surface area contributed by atoms with Crippen molar-refractivity contribution >= 4 is 33.4 Å². The molecule has 0 aliphatic heterocycles. The second kappa shape index (κ2) is 8.25. The zero-order valence-electron chi connectivity index (χ0n) is 18.8. The van der Waals surface area contributed by atoms with Gasteiger partial charge in [-0.25, -0.2) is 14.6 Å². The molecule has 33 heavy (non-hydrogen) atoms. The highest BCUT2D eigenvalue weighted by Crippen LogP contribution is 2.30. The van der Waals surface area contributed by atoms with Crippen molar-refractivity contribution < 1.29 is 4.79 Å². The Balaban J connectivity index is 1.39. The number of aryl methyl sites for hydroxylation is 3. The first-order chi connectivity index (χ1) is 15.9. The summed E-state index contributed by atoms with van der Waals surface area (Å²) in [5, 5.41) is 15.2. The number of hydrogen-bond donors (Lipinski definition) is 1. The molecule has 0 unspecified atom stereocenters. The van der Waals surface area contributed by atoms with Crippen LogP contribution in [0.5, 0.6) is 0 Å². The zero-order valence-corrected chi connectivity index (χ0v) is 19.6. The van der Waals surface area contributed by atoms with E-state index in [0.29, 0.717) is 10.8 Å². The number of hydrogen-bond acceptors (Lipinski definition) is 6. The van der Waals surface area contributed by atoms with Gasteiger partial charge in [-0.15, -0.1) is 11.3 Å². The number of pyridine rings is 1. The fourth-order valence-corrected chi connectivity index (χ4v) is 4.67. The summed E-state index contributed by atoms with van der Waals surface area (Å²) in [7, 11) is 1.89. The SMILES string of the molecule is Cc1cccc(-c2ccnc3c2c(C)nn3CC(=O)Nc2nc(-c3cnn(C)c3C)cs2)c1. The summed E-state index contributed by atoms with van der Waals surface area (Å²) in [6, 6.07) is 10.3. The molecule has 1 aromatic carbocycles. The molecule has 0 spiro atoms. The van der Waals surface area contributed by atoms with E-state index in [1.165, 1.54) is 16.9 Å². The van der Waals surface area contributed by atoms with Gasteiger partial charge in [-0.3, -0.25) is 9.48 Å². The molecule has 0 bridgehead atoms. The van der Waals surface area contributed by atoms with E-state index in [1.807, 2.05) is 38.4 Å². The van der Waals surface area contributed by atoms with E-state index in [-0.39, 0.29) is 12.5 Å². The third-order valence-electron chi connectivity index (χ3n) is 5.69. The summed E-state index contributed by atoms with van der Waals surface area (Å²) in [5.74, 6) is -0.203. The Morgan fingerprint density at radius 1 is 1.15 bits per heavy atom. The number of aromatic nitrogens is 6. The van der Waals surface area contributed by atoms with Gasteiger partial charge in [0.25, 0.3) is 0 Å². The minimum atomic E-state index is -0.203. The van der Waals surface area contributed by atoms with Crippen LogP contribution in [0.3, 0.4) is 0 Å². The summed E-state index contributed by atoms with van der Waals surface area (Å²) in [4.78, 5) is 21.9. The minimum Gasteiger partial charge on any atom is -0.300 e. The zero-order chi connectivity index (χ0) is 23.1. The predicted octanol–water partition coefficient (Wildman–Crippen LogP) is 4.52. The van der Waals surface area contributed by atoms with Crippen molar-refractivity contribution in [2.75, 3.05) is 5.32 Å². The second-order valence-electron chi connectivity index (χ2n) is 8.02. The van der Waals surface area contributed by atoms with Crippen molar-refractivity contribution in [3.8, 4) is 22.4 Å². The maximum atomic E-state index is 12.8. The number of carbonyl (C=O) groups is 1. The Labute approximate surface area is 194 Å². The molecule has 5 aromatic rings. The maximum Gasteiger partial charge on any atom is 0.247 e. The van der Waals surface area contributed by atoms with Crippen LogP contribution in [0.4, 0.5) is 5.13 Å². The van der Waals surface area contributed by atoms with Gasteiger partial charge in [0, 0.05) is 35.3 Å². The summed E-state index contributed by atoms with van der Waals surface area (Å²) in [6.45, 7) is 6.06. The molecule has 4 aromatic heterocycles. The standard InChI is InChI=1S/C24H23N7OS/c1-14-6-5-7-17(10-14)18-8-9-25-23-22(18)15(2)29-31(23)12-21(32)28-24-27-20(13-33-24)19-11-26-30(4)16(19)3/h5-11,13H,12H2,1-4H3,(H,27,28,32). The fourth-order valence-electron chi connectivity index (χ4n) is 3.94.